The van der Waals surface area contributed by atoms with Crippen molar-refractivity contribution in [3.8, 4) is 5.75 Å². The smallest absolute Gasteiger partial charge is 0.434 e. The summed E-state index contributed by atoms with van der Waals surface area (Å²) in [5.41, 5.74) is -1.01. The number of rotatable bonds is 6. The number of ether oxygens (including phenoxy) is 1. The molecule has 1 amide bonds. The molecule has 2 N–H and O–H groups in total. The summed E-state index contributed by atoms with van der Waals surface area (Å²) in [6.45, 7) is -0.0251. The zero-order chi connectivity index (χ0) is 21.7. The van der Waals surface area contributed by atoms with Gasteiger partial charge in [0.15, 0.2) is 5.69 Å². The van der Waals surface area contributed by atoms with Crippen LogP contribution in [-0.4, -0.2) is 23.0 Å². The lowest BCUT2D eigenvalue weighted by atomic mass is 10.1. The van der Waals surface area contributed by atoms with Crippen molar-refractivity contribution in [1.82, 2.24) is 15.3 Å². The molecule has 1 heterocycles. The van der Waals surface area contributed by atoms with Crippen LogP contribution in [0.2, 0.25) is 5.02 Å². The first-order valence-electron chi connectivity index (χ1n) is 8.65. The summed E-state index contributed by atoms with van der Waals surface area (Å²) in [4.78, 5) is 19.8. The number of halogens is 4. The standard InChI is InChI=1S/C20H16ClF3N4O2/c1-30-16-8-3-2-5-12(16)10-25-18(29)15-11-26-19(28-17(15)20(22,23)24)27-14-7-4-6-13(21)9-14/h2-9,11H,10H2,1H3,(H,25,29)(H,26,27,28). The van der Waals surface area contributed by atoms with Gasteiger partial charge in [-0.2, -0.15) is 13.2 Å². The average molecular weight is 437 g/mol. The number of para-hydroxylation sites is 1. The van der Waals surface area contributed by atoms with E-state index in [1.54, 1.807) is 42.5 Å². The van der Waals surface area contributed by atoms with Crippen molar-refractivity contribution >= 4 is 29.1 Å². The molecule has 1 aromatic heterocycles. The highest BCUT2D eigenvalue weighted by Gasteiger charge is 2.38. The minimum atomic E-state index is -4.86. The SMILES string of the molecule is COc1ccccc1CNC(=O)c1cnc(Nc2cccc(Cl)c2)nc1C(F)(F)F. The average Bonchev–Trinajstić information content (AvgIpc) is 2.71. The molecule has 2 aromatic carbocycles. The zero-order valence-electron chi connectivity index (χ0n) is 15.6. The van der Waals surface area contributed by atoms with E-state index < -0.39 is 23.3 Å². The molecule has 0 aliphatic carbocycles. The Bertz CT molecular complexity index is 1060. The van der Waals surface area contributed by atoms with E-state index in [0.717, 1.165) is 6.20 Å². The van der Waals surface area contributed by atoms with Gasteiger partial charge in [-0.05, 0) is 24.3 Å². The van der Waals surface area contributed by atoms with Crippen molar-refractivity contribution in [2.75, 3.05) is 12.4 Å². The predicted molar refractivity (Wildman–Crippen MR) is 106 cm³/mol. The van der Waals surface area contributed by atoms with Crippen molar-refractivity contribution in [1.29, 1.82) is 0 Å². The van der Waals surface area contributed by atoms with Gasteiger partial charge in [0, 0.05) is 29.0 Å². The van der Waals surface area contributed by atoms with Gasteiger partial charge in [0.2, 0.25) is 5.95 Å². The molecule has 3 rings (SSSR count). The first-order valence-corrected chi connectivity index (χ1v) is 9.02. The quantitative estimate of drug-likeness (QED) is 0.578. The van der Waals surface area contributed by atoms with E-state index in [2.05, 4.69) is 20.6 Å². The van der Waals surface area contributed by atoms with Gasteiger partial charge in [-0.15, -0.1) is 0 Å². The molecule has 6 nitrogen and oxygen atoms in total. The van der Waals surface area contributed by atoms with Crippen molar-refractivity contribution in [3.05, 3.63) is 76.6 Å². The number of nitrogens with one attached hydrogen (secondary N) is 2. The molecule has 0 bridgehead atoms. The fraction of sp³-hybridized carbons (Fsp3) is 0.150. The molecule has 156 valence electrons. The number of amides is 1. The number of methoxy groups -OCH3 is 1. The van der Waals surface area contributed by atoms with E-state index in [1.165, 1.54) is 13.2 Å². The Morgan fingerprint density at radius 2 is 1.93 bits per heavy atom. The Labute approximate surface area is 175 Å². The van der Waals surface area contributed by atoms with Crippen LogP contribution in [0.15, 0.2) is 54.7 Å². The van der Waals surface area contributed by atoms with Crippen LogP contribution >= 0.6 is 11.6 Å². The van der Waals surface area contributed by atoms with Crippen LogP contribution in [-0.2, 0) is 12.7 Å². The molecule has 0 spiro atoms. The first-order chi connectivity index (χ1) is 14.3. The van der Waals surface area contributed by atoms with Crippen LogP contribution in [0.1, 0.15) is 21.6 Å². The van der Waals surface area contributed by atoms with Crippen LogP contribution in [0, 0.1) is 0 Å². The van der Waals surface area contributed by atoms with E-state index in [0.29, 0.717) is 22.0 Å². The van der Waals surface area contributed by atoms with Gasteiger partial charge in [-0.1, -0.05) is 35.9 Å². The topological polar surface area (TPSA) is 76.1 Å². The second kappa shape index (κ2) is 9.00. The van der Waals surface area contributed by atoms with Crippen molar-refractivity contribution < 1.29 is 22.7 Å². The number of nitrogens with zero attached hydrogens (tertiary/aromatic N) is 2. The number of carbonyl (C=O) groups excluding carboxylic acids is 1. The van der Waals surface area contributed by atoms with Crippen LogP contribution in [0.3, 0.4) is 0 Å². The van der Waals surface area contributed by atoms with Crippen molar-refractivity contribution in [2.45, 2.75) is 12.7 Å². The molecule has 3 aromatic rings. The lowest BCUT2D eigenvalue weighted by Gasteiger charge is -2.14. The number of benzene rings is 2. The van der Waals surface area contributed by atoms with Crippen LogP contribution in [0.4, 0.5) is 24.8 Å². The van der Waals surface area contributed by atoms with Gasteiger partial charge in [-0.25, -0.2) is 9.97 Å². The highest BCUT2D eigenvalue weighted by atomic mass is 35.5. The van der Waals surface area contributed by atoms with Gasteiger partial charge < -0.3 is 15.4 Å². The summed E-state index contributed by atoms with van der Waals surface area (Å²) in [6, 6.07) is 13.2. The van der Waals surface area contributed by atoms with E-state index in [-0.39, 0.29) is 12.5 Å². The van der Waals surface area contributed by atoms with Crippen LogP contribution < -0.4 is 15.4 Å². The Morgan fingerprint density at radius 3 is 2.63 bits per heavy atom. The van der Waals surface area contributed by atoms with Gasteiger partial charge in [0.05, 0.1) is 12.7 Å². The third-order valence-electron chi connectivity index (χ3n) is 4.01. The lowest BCUT2D eigenvalue weighted by molar-refractivity contribution is -0.141. The van der Waals surface area contributed by atoms with Crippen LogP contribution in [0.5, 0.6) is 5.75 Å². The molecular weight excluding hydrogens is 421 g/mol. The molecule has 30 heavy (non-hydrogen) atoms. The first kappa shape index (κ1) is 21.4. The van der Waals surface area contributed by atoms with E-state index >= 15 is 0 Å². The summed E-state index contributed by atoms with van der Waals surface area (Å²) in [6.07, 6.45) is -4.02. The molecule has 0 aliphatic heterocycles. The Balaban J connectivity index is 1.83. The molecule has 0 atom stereocenters. The molecule has 0 unspecified atom stereocenters. The molecule has 0 aliphatic rings. The molecule has 0 saturated carbocycles. The maximum absolute atomic E-state index is 13.5. The monoisotopic (exact) mass is 436 g/mol. The van der Waals surface area contributed by atoms with E-state index in [4.69, 9.17) is 16.3 Å². The zero-order valence-corrected chi connectivity index (χ0v) is 16.4. The number of carbonyl (C=O) groups is 1. The summed E-state index contributed by atoms with van der Waals surface area (Å²) in [5.74, 6) is -0.764. The molecule has 10 heteroatoms. The molecule has 0 radical (unpaired) electrons. The fourth-order valence-corrected chi connectivity index (χ4v) is 2.83. The molecular formula is C20H16ClF3N4O2. The van der Waals surface area contributed by atoms with Crippen molar-refractivity contribution in [3.63, 3.8) is 0 Å². The highest BCUT2D eigenvalue weighted by molar-refractivity contribution is 6.30. The number of aromatic nitrogens is 2. The number of hydrogen-bond donors (Lipinski definition) is 2. The fourth-order valence-electron chi connectivity index (χ4n) is 2.64. The summed E-state index contributed by atoms with van der Waals surface area (Å²) in [5, 5.41) is 5.48. The second-order valence-corrected chi connectivity index (χ2v) is 6.52. The summed E-state index contributed by atoms with van der Waals surface area (Å²) >= 11 is 5.87. The number of hydrogen-bond acceptors (Lipinski definition) is 5. The van der Waals surface area contributed by atoms with Crippen LogP contribution in [0.25, 0.3) is 0 Å². The third kappa shape index (κ3) is 5.18. The maximum atomic E-state index is 13.5. The minimum Gasteiger partial charge on any atom is -0.496 e. The second-order valence-electron chi connectivity index (χ2n) is 6.08. The van der Waals surface area contributed by atoms with Gasteiger partial charge in [-0.3, -0.25) is 4.79 Å². The Kier molecular flexibility index (Phi) is 6.41. The summed E-state index contributed by atoms with van der Waals surface area (Å²) in [7, 11) is 1.46. The number of anilines is 2. The largest absolute Gasteiger partial charge is 0.496 e. The highest BCUT2D eigenvalue weighted by Crippen LogP contribution is 2.31. The number of alkyl halides is 3. The summed E-state index contributed by atoms with van der Waals surface area (Å²) < 4.78 is 45.8. The van der Waals surface area contributed by atoms with Gasteiger partial charge >= 0.3 is 6.18 Å². The van der Waals surface area contributed by atoms with E-state index in [1.807, 2.05) is 0 Å². The Morgan fingerprint density at radius 1 is 1.17 bits per heavy atom. The molecule has 0 fully saturated rings. The molecule has 0 saturated heterocycles. The van der Waals surface area contributed by atoms with Gasteiger partial charge in [0.25, 0.3) is 5.91 Å². The van der Waals surface area contributed by atoms with Crippen molar-refractivity contribution in [2.24, 2.45) is 0 Å². The minimum absolute atomic E-state index is 0.0251. The van der Waals surface area contributed by atoms with E-state index in [9.17, 15) is 18.0 Å². The maximum Gasteiger partial charge on any atom is 0.434 e. The predicted octanol–water partition coefficient (Wildman–Crippen LogP) is 4.83. The van der Waals surface area contributed by atoms with Gasteiger partial charge in [0.1, 0.15) is 5.75 Å². The Hall–Kier alpha value is -3.33. The normalized spacial score (nSPS) is 11.1. The lowest BCUT2D eigenvalue weighted by Crippen LogP contribution is -2.27. The third-order valence-corrected chi connectivity index (χ3v) is 4.25.